The van der Waals surface area contributed by atoms with Crippen molar-refractivity contribution < 1.29 is 14.6 Å². The highest BCUT2D eigenvalue weighted by Crippen LogP contribution is 2.30. The molecule has 0 unspecified atom stereocenters. The number of likely N-dealkylation sites (N-methyl/N-ethyl adjacent to an activating group) is 1. The molecule has 1 heterocycles. The van der Waals surface area contributed by atoms with Crippen LogP contribution in [0.5, 0.6) is 0 Å². The average molecular weight is 414 g/mol. The molecule has 1 aromatic heterocycles. The molecule has 152 valence electrons. The summed E-state index contributed by atoms with van der Waals surface area (Å²) in [6, 6.07) is 11.9. The van der Waals surface area contributed by atoms with Gasteiger partial charge in [0, 0.05) is 17.7 Å². The van der Waals surface area contributed by atoms with Crippen molar-refractivity contribution in [1.82, 2.24) is 4.98 Å². The van der Waals surface area contributed by atoms with Gasteiger partial charge in [-0.3, -0.25) is 19.8 Å². The molecule has 2 aromatic carbocycles. The summed E-state index contributed by atoms with van der Waals surface area (Å²) in [4.78, 5) is 31.7. The molecular weight excluding hydrogens is 388 g/mol. The van der Waals surface area contributed by atoms with Gasteiger partial charge in [0.15, 0.2) is 5.13 Å². The first kappa shape index (κ1) is 20.9. The lowest BCUT2D eigenvalue weighted by atomic mass is 10.2. The maximum absolute atomic E-state index is 13.3. The number of nitro groups is 1. The Labute approximate surface area is 173 Å². The second-order valence-electron chi connectivity index (χ2n) is 6.94. The van der Waals surface area contributed by atoms with E-state index in [0.29, 0.717) is 17.2 Å². The number of hydrogen-bond acceptors (Lipinski definition) is 5. The summed E-state index contributed by atoms with van der Waals surface area (Å²) in [5.41, 5.74) is 2.19. The van der Waals surface area contributed by atoms with Crippen molar-refractivity contribution in [3.8, 4) is 0 Å². The predicted octanol–water partition coefficient (Wildman–Crippen LogP) is 3.08. The van der Waals surface area contributed by atoms with Gasteiger partial charge in [0.1, 0.15) is 0 Å². The second-order valence-corrected chi connectivity index (χ2v) is 7.95. The minimum Gasteiger partial charge on any atom is -0.334 e. The number of benzene rings is 2. The SMILES string of the molecule is CC[NH+](CC)CCN(C(=O)c1cccc([N+](=O)[O-])c1)c1nc2ccc(C)cc2s1. The van der Waals surface area contributed by atoms with Crippen LogP contribution in [0.15, 0.2) is 42.5 Å². The molecule has 7 nitrogen and oxygen atoms in total. The highest BCUT2D eigenvalue weighted by atomic mass is 32.1. The van der Waals surface area contributed by atoms with Gasteiger partial charge in [-0.1, -0.05) is 23.5 Å². The average Bonchev–Trinajstić information content (AvgIpc) is 3.13. The quantitative estimate of drug-likeness (QED) is 0.455. The van der Waals surface area contributed by atoms with Gasteiger partial charge in [-0.2, -0.15) is 0 Å². The van der Waals surface area contributed by atoms with Crippen LogP contribution in [0.1, 0.15) is 29.8 Å². The molecule has 3 aromatic rings. The third-order valence-electron chi connectivity index (χ3n) is 5.00. The number of fused-ring (bicyclic) bond motifs is 1. The number of carbonyl (C=O) groups is 1. The number of nitrogens with zero attached hydrogens (tertiary/aromatic N) is 3. The Bertz CT molecular complexity index is 1030. The fourth-order valence-electron chi connectivity index (χ4n) is 3.20. The van der Waals surface area contributed by atoms with Crippen molar-refractivity contribution in [2.24, 2.45) is 0 Å². The highest BCUT2D eigenvalue weighted by molar-refractivity contribution is 7.22. The molecule has 0 fully saturated rings. The zero-order valence-corrected chi connectivity index (χ0v) is 17.7. The summed E-state index contributed by atoms with van der Waals surface area (Å²) < 4.78 is 1.02. The molecule has 0 saturated carbocycles. The summed E-state index contributed by atoms with van der Waals surface area (Å²) in [7, 11) is 0. The molecule has 0 spiro atoms. The minimum absolute atomic E-state index is 0.0925. The molecule has 0 aliphatic rings. The number of non-ortho nitro benzene ring substituents is 1. The van der Waals surface area contributed by atoms with Crippen molar-refractivity contribution in [2.75, 3.05) is 31.1 Å². The minimum atomic E-state index is -0.484. The first-order valence-electron chi connectivity index (χ1n) is 9.70. The van der Waals surface area contributed by atoms with Gasteiger partial charge in [-0.15, -0.1) is 0 Å². The maximum Gasteiger partial charge on any atom is 0.270 e. The molecule has 1 amide bonds. The molecule has 0 radical (unpaired) electrons. The molecule has 29 heavy (non-hydrogen) atoms. The zero-order chi connectivity index (χ0) is 21.0. The lowest BCUT2D eigenvalue weighted by Gasteiger charge is -2.23. The topological polar surface area (TPSA) is 80.8 Å². The summed E-state index contributed by atoms with van der Waals surface area (Å²) >= 11 is 1.47. The molecular formula is C21H25N4O3S+. The van der Waals surface area contributed by atoms with Crippen LogP contribution in [0, 0.1) is 17.0 Å². The van der Waals surface area contributed by atoms with E-state index in [-0.39, 0.29) is 11.6 Å². The number of carbonyl (C=O) groups excluding carboxylic acids is 1. The Hall–Kier alpha value is -2.84. The molecule has 0 aliphatic carbocycles. The first-order valence-corrected chi connectivity index (χ1v) is 10.5. The number of nitrogens with one attached hydrogen (secondary N) is 1. The number of aryl methyl sites for hydroxylation is 1. The first-order chi connectivity index (χ1) is 13.9. The normalized spacial score (nSPS) is 11.2. The Kier molecular flexibility index (Phi) is 6.56. The summed E-state index contributed by atoms with van der Waals surface area (Å²) in [6.45, 7) is 9.47. The van der Waals surface area contributed by atoms with Gasteiger partial charge in [0.05, 0.1) is 41.3 Å². The smallest absolute Gasteiger partial charge is 0.270 e. The van der Waals surface area contributed by atoms with Gasteiger partial charge < -0.3 is 4.90 Å². The third kappa shape index (κ3) is 4.78. The highest BCUT2D eigenvalue weighted by Gasteiger charge is 2.24. The van der Waals surface area contributed by atoms with Crippen molar-refractivity contribution in [2.45, 2.75) is 20.8 Å². The Morgan fingerprint density at radius 3 is 2.66 bits per heavy atom. The number of amides is 1. The molecule has 3 rings (SSSR count). The maximum atomic E-state index is 13.3. The van der Waals surface area contributed by atoms with E-state index in [1.54, 1.807) is 17.0 Å². The van der Waals surface area contributed by atoms with Crippen LogP contribution in [-0.4, -0.2) is 42.0 Å². The van der Waals surface area contributed by atoms with Crippen LogP contribution in [0.2, 0.25) is 0 Å². The van der Waals surface area contributed by atoms with Gasteiger partial charge in [-0.05, 0) is 44.5 Å². The van der Waals surface area contributed by atoms with Crippen LogP contribution in [0.3, 0.4) is 0 Å². The lowest BCUT2D eigenvalue weighted by Crippen LogP contribution is -3.12. The Balaban J connectivity index is 1.98. The number of aromatic nitrogens is 1. The molecule has 8 heteroatoms. The van der Waals surface area contributed by atoms with E-state index in [1.165, 1.54) is 28.4 Å². The molecule has 0 bridgehead atoms. The van der Waals surface area contributed by atoms with Crippen molar-refractivity contribution in [3.63, 3.8) is 0 Å². The molecule has 1 N–H and O–H groups in total. The van der Waals surface area contributed by atoms with E-state index in [9.17, 15) is 14.9 Å². The van der Waals surface area contributed by atoms with E-state index in [2.05, 4.69) is 24.9 Å². The predicted molar refractivity (Wildman–Crippen MR) is 116 cm³/mol. The van der Waals surface area contributed by atoms with Gasteiger partial charge >= 0.3 is 0 Å². The summed E-state index contributed by atoms with van der Waals surface area (Å²) in [6.07, 6.45) is 0. The van der Waals surface area contributed by atoms with E-state index in [0.717, 1.165) is 35.4 Å². The monoisotopic (exact) mass is 413 g/mol. The van der Waals surface area contributed by atoms with Crippen LogP contribution in [0.4, 0.5) is 10.8 Å². The van der Waals surface area contributed by atoms with Crippen molar-refractivity contribution in [1.29, 1.82) is 0 Å². The largest absolute Gasteiger partial charge is 0.334 e. The second kappa shape index (κ2) is 9.11. The standard InChI is InChI=1S/C21H24N4O3S/c1-4-23(5-2)11-12-24(20(26)16-7-6-8-17(14-16)25(27)28)21-22-18-10-9-15(3)13-19(18)29-21/h6-10,13-14H,4-5,11-12H2,1-3H3/p+1. The molecule has 0 aliphatic heterocycles. The fourth-order valence-corrected chi connectivity index (χ4v) is 4.29. The molecule has 0 atom stereocenters. The van der Waals surface area contributed by atoms with Gasteiger partial charge in [0.2, 0.25) is 0 Å². The van der Waals surface area contributed by atoms with Crippen molar-refractivity contribution in [3.05, 3.63) is 63.7 Å². The van der Waals surface area contributed by atoms with E-state index in [4.69, 9.17) is 0 Å². The third-order valence-corrected chi connectivity index (χ3v) is 6.04. The van der Waals surface area contributed by atoms with E-state index < -0.39 is 4.92 Å². The van der Waals surface area contributed by atoms with E-state index in [1.807, 2.05) is 19.1 Å². The number of anilines is 1. The number of nitro benzene ring substituents is 1. The number of rotatable bonds is 8. The van der Waals surface area contributed by atoms with Crippen LogP contribution in [-0.2, 0) is 0 Å². The zero-order valence-electron chi connectivity index (χ0n) is 16.8. The van der Waals surface area contributed by atoms with E-state index >= 15 is 0 Å². The number of hydrogen-bond donors (Lipinski definition) is 1. The van der Waals surface area contributed by atoms with Gasteiger partial charge in [-0.25, -0.2) is 4.98 Å². The van der Waals surface area contributed by atoms with Crippen LogP contribution >= 0.6 is 11.3 Å². The molecule has 0 saturated heterocycles. The van der Waals surface area contributed by atoms with Crippen LogP contribution < -0.4 is 9.80 Å². The fraction of sp³-hybridized carbons (Fsp3) is 0.333. The Morgan fingerprint density at radius 1 is 1.21 bits per heavy atom. The number of quaternary nitrogens is 1. The summed E-state index contributed by atoms with van der Waals surface area (Å²) in [5.74, 6) is -0.268. The van der Waals surface area contributed by atoms with Gasteiger partial charge in [0.25, 0.3) is 11.6 Å². The van der Waals surface area contributed by atoms with Crippen molar-refractivity contribution >= 4 is 38.3 Å². The Morgan fingerprint density at radius 2 is 1.97 bits per heavy atom. The summed E-state index contributed by atoms with van der Waals surface area (Å²) in [5, 5.41) is 11.7. The van der Waals surface area contributed by atoms with Crippen LogP contribution in [0.25, 0.3) is 10.2 Å². The number of thiazole rings is 1. The lowest BCUT2D eigenvalue weighted by molar-refractivity contribution is -0.894.